The highest BCUT2D eigenvalue weighted by atomic mass is 19.1. The van der Waals surface area contributed by atoms with E-state index in [0.717, 1.165) is 37.3 Å². The predicted octanol–water partition coefficient (Wildman–Crippen LogP) is 1.90. The second-order valence-corrected chi connectivity index (χ2v) is 4.74. The van der Waals surface area contributed by atoms with E-state index < -0.39 is 0 Å². The van der Waals surface area contributed by atoms with Crippen molar-refractivity contribution in [3.8, 4) is 0 Å². The number of halogens is 1. The first-order valence-corrected chi connectivity index (χ1v) is 6.53. The lowest BCUT2D eigenvalue weighted by Gasteiger charge is -2.35. The summed E-state index contributed by atoms with van der Waals surface area (Å²) in [7, 11) is 0. The van der Waals surface area contributed by atoms with Crippen LogP contribution >= 0.6 is 0 Å². The zero-order chi connectivity index (χ0) is 13.0. The van der Waals surface area contributed by atoms with Crippen LogP contribution in [0.25, 0.3) is 0 Å². The molecule has 1 fully saturated rings. The van der Waals surface area contributed by atoms with Gasteiger partial charge in [0.25, 0.3) is 0 Å². The van der Waals surface area contributed by atoms with E-state index in [9.17, 15) is 4.39 Å². The van der Waals surface area contributed by atoms with Crippen LogP contribution in [0.3, 0.4) is 0 Å². The first-order valence-electron chi connectivity index (χ1n) is 6.53. The minimum absolute atomic E-state index is 0.145. The number of morpholine rings is 1. The van der Waals surface area contributed by atoms with Crippen molar-refractivity contribution in [3.05, 3.63) is 35.1 Å². The second kappa shape index (κ2) is 6.27. The molecule has 2 rings (SSSR count). The summed E-state index contributed by atoms with van der Waals surface area (Å²) in [5.41, 5.74) is 7.31. The maximum absolute atomic E-state index is 13.8. The Hall–Kier alpha value is -0.970. The Labute approximate surface area is 108 Å². The van der Waals surface area contributed by atoms with Gasteiger partial charge in [-0.3, -0.25) is 4.90 Å². The molecular weight excluding hydrogens is 231 g/mol. The third kappa shape index (κ3) is 3.07. The van der Waals surface area contributed by atoms with Crippen molar-refractivity contribution in [3.63, 3.8) is 0 Å². The van der Waals surface area contributed by atoms with Crippen molar-refractivity contribution in [1.82, 2.24) is 4.90 Å². The van der Waals surface area contributed by atoms with Gasteiger partial charge in [-0.25, -0.2) is 4.39 Å². The van der Waals surface area contributed by atoms with Crippen LogP contribution in [0.5, 0.6) is 0 Å². The van der Waals surface area contributed by atoms with Crippen LogP contribution in [0.4, 0.5) is 4.39 Å². The summed E-state index contributed by atoms with van der Waals surface area (Å²) in [6.45, 7) is 5.57. The Morgan fingerprint density at radius 2 is 2.33 bits per heavy atom. The third-order valence-electron chi connectivity index (χ3n) is 3.54. The van der Waals surface area contributed by atoms with Crippen LogP contribution in [0.2, 0.25) is 0 Å². The van der Waals surface area contributed by atoms with E-state index in [-0.39, 0.29) is 5.82 Å². The number of hydrogen-bond donors (Lipinski definition) is 1. The summed E-state index contributed by atoms with van der Waals surface area (Å²) in [6, 6.07) is 5.52. The summed E-state index contributed by atoms with van der Waals surface area (Å²) in [5, 5.41) is 0. The van der Waals surface area contributed by atoms with Gasteiger partial charge in [0.2, 0.25) is 0 Å². The maximum atomic E-state index is 13.8. The Morgan fingerprint density at radius 3 is 3.06 bits per heavy atom. The number of nitrogens with zero attached hydrogens (tertiary/aromatic N) is 1. The molecule has 1 aromatic rings. The van der Waals surface area contributed by atoms with Gasteiger partial charge in [0.15, 0.2) is 0 Å². The SMILES string of the molecule is CCC1COCCN1Cc1cc(CN)ccc1F. The molecule has 2 N–H and O–H groups in total. The van der Waals surface area contributed by atoms with Crippen LogP contribution in [0.15, 0.2) is 18.2 Å². The maximum Gasteiger partial charge on any atom is 0.127 e. The van der Waals surface area contributed by atoms with Gasteiger partial charge < -0.3 is 10.5 Å². The number of ether oxygens (including phenoxy) is 1. The van der Waals surface area contributed by atoms with Gasteiger partial charge >= 0.3 is 0 Å². The van der Waals surface area contributed by atoms with Crippen LogP contribution in [-0.2, 0) is 17.8 Å². The lowest BCUT2D eigenvalue weighted by atomic mass is 10.1. The molecule has 0 aliphatic carbocycles. The summed E-state index contributed by atoms with van der Waals surface area (Å²) < 4.78 is 19.3. The summed E-state index contributed by atoms with van der Waals surface area (Å²) in [4.78, 5) is 2.29. The second-order valence-electron chi connectivity index (χ2n) is 4.74. The average Bonchev–Trinajstić information content (AvgIpc) is 2.42. The lowest BCUT2D eigenvalue weighted by molar-refractivity contribution is -0.0131. The molecule has 4 heteroatoms. The van der Waals surface area contributed by atoms with Gasteiger partial charge in [-0.15, -0.1) is 0 Å². The molecule has 3 nitrogen and oxygen atoms in total. The molecule has 1 heterocycles. The van der Waals surface area contributed by atoms with E-state index in [1.807, 2.05) is 6.07 Å². The Bertz CT molecular complexity index is 397. The molecule has 1 saturated heterocycles. The summed E-state index contributed by atoms with van der Waals surface area (Å²) in [5.74, 6) is -0.145. The van der Waals surface area contributed by atoms with Gasteiger partial charge in [-0.05, 0) is 18.1 Å². The zero-order valence-electron chi connectivity index (χ0n) is 10.9. The first kappa shape index (κ1) is 13.5. The van der Waals surface area contributed by atoms with E-state index in [0.29, 0.717) is 19.1 Å². The average molecular weight is 252 g/mol. The highest BCUT2D eigenvalue weighted by Gasteiger charge is 2.22. The molecule has 100 valence electrons. The van der Waals surface area contributed by atoms with Crippen LogP contribution in [0, 0.1) is 5.82 Å². The number of benzene rings is 1. The molecule has 0 radical (unpaired) electrons. The highest BCUT2D eigenvalue weighted by molar-refractivity contribution is 5.25. The smallest absolute Gasteiger partial charge is 0.127 e. The van der Waals surface area contributed by atoms with Gasteiger partial charge in [0.1, 0.15) is 5.82 Å². The van der Waals surface area contributed by atoms with Crippen LogP contribution in [0.1, 0.15) is 24.5 Å². The summed E-state index contributed by atoms with van der Waals surface area (Å²) in [6.07, 6.45) is 1.03. The van der Waals surface area contributed by atoms with Crippen molar-refractivity contribution >= 4 is 0 Å². The fraction of sp³-hybridized carbons (Fsp3) is 0.571. The summed E-state index contributed by atoms with van der Waals surface area (Å²) >= 11 is 0. The topological polar surface area (TPSA) is 38.5 Å². The minimum atomic E-state index is -0.145. The van der Waals surface area contributed by atoms with Crippen molar-refractivity contribution in [1.29, 1.82) is 0 Å². The molecule has 1 unspecified atom stereocenters. The largest absolute Gasteiger partial charge is 0.378 e. The first-order chi connectivity index (χ1) is 8.74. The zero-order valence-corrected chi connectivity index (χ0v) is 10.9. The highest BCUT2D eigenvalue weighted by Crippen LogP contribution is 2.18. The molecule has 0 bridgehead atoms. The van der Waals surface area contributed by atoms with Crippen molar-refractivity contribution in [2.75, 3.05) is 19.8 Å². The number of rotatable bonds is 4. The molecule has 0 spiro atoms. The minimum Gasteiger partial charge on any atom is -0.378 e. The third-order valence-corrected chi connectivity index (χ3v) is 3.54. The molecule has 0 aromatic heterocycles. The number of hydrogen-bond acceptors (Lipinski definition) is 3. The number of nitrogens with two attached hydrogens (primary N) is 1. The molecule has 1 aromatic carbocycles. The van der Waals surface area contributed by atoms with Crippen molar-refractivity contribution < 1.29 is 9.13 Å². The quantitative estimate of drug-likeness (QED) is 0.889. The molecule has 1 atom stereocenters. The van der Waals surface area contributed by atoms with Gasteiger partial charge in [-0.2, -0.15) is 0 Å². The van der Waals surface area contributed by atoms with Gasteiger partial charge in [0, 0.05) is 31.2 Å². The normalized spacial score (nSPS) is 21.2. The lowest BCUT2D eigenvalue weighted by Crippen LogP contribution is -2.44. The monoisotopic (exact) mass is 252 g/mol. The Kier molecular flexibility index (Phi) is 4.69. The molecule has 1 aliphatic heterocycles. The van der Waals surface area contributed by atoms with Crippen LogP contribution < -0.4 is 5.73 Å². The molecule has 0 amide bonds. The van der Waals surface area contributed by atoms with Gasteiger partial charge in [0.05, 0.1) is 13.2 Å². The molecule has 0 saturated carbocycles. The van der Waals surface area contributed by atoms with E-state index in [1.165, 1.54) is 6.07 Å². The molecular formula is C14H21FN2O. The predicted molar refractivity (Wildman–Crippen MR) is 69.6 cm³/mol. The van der Waals surface area contributed by atoms with Gasteiger partial charge in [-0.1, -0.05) is 19.1 Å². The van der Waals surface area contributed by atoms with E-state index in [2.05, 4.69) is 11.8 Å². The van der Waals surface area contributed by atoms with E-state index in [4.69, 9.17) is 10.5 Å². The van der Waals surface area contributed by atoms with E-state index >= 15 is 0 Å². The molecule has 18 heavy (non-hydrogen) atoms. The Morgan fingerprint density at radius 1 is 1.50 bits per heavy atom. The fourth-order valence-electron chi connectivity index (χ4n) is 2.37. The van der Waals surface area contributed by atoms with E-state index in [1.54, 1.807) is 6.07 Å². The fourth-order valence-corrected chi connectivity index (χ4v) is 2.37. The van der Waals surface area contributed by atoms with Crippen molar-refractivity contribution in [2.45, 2.75) is 32.5 Å². The van der Waals surface area contributed by atoms with Crippen LogP contribution in [-0.4, -0.2) is 30.7 Å². The standard InChI is InChI=1S/C14H21FN2O/c1-2-13-10-18-6-5-17(13)9-12-7-11(8-16)3-4-14(12)15/h3-4,7,13H,2,5-6,8-10,16H2,1H3. The van der Waals surface area contributed by atoms with Crippen molar-refractivity contribution in [2.24, 2.45) is 5.73 Å². The Balaban J connectivity index is 2.11. The molecule has 1 aliphatic rings.